The van der Waals surface area contributed by atoms with Crippen LogP contribution in [0.5, 0.6) is 5.88 Å². The Labute approximate surface area is 336 Å². The van der Waals surface area contributed by atoms with Crippen molar-refractivity contribution in [2.45, 2.75) is 37.3 Å². The van der Waals surface area contributed by atoms with Gasteiger partial charge >= 0.3 is 11.7 Å². The van der Waals surface area contributed by atoms with Gasteiger partial charge in [-0.25, -0.2) is 28.3 Å². The molecule has 2 atom stereocenters. The summed E-state index contributed by atoms with van der Waals surface area (Å²) in [5.41, 5.74) is 2.52. The maximum Gasteiger partial charge on any atom is 0.330 e. The summed E-state index contributed by atoms with van der Waals surface area (Å²) in [5.74, 6) is 0.343. The molecule has 2 N–H and O–H groups in total. The lowest BCUT2D eigenvalue weighted by atomic mass is 9.99. The van der Waals surface area contributed by atoms with Gasteiger partial charge in [-0.1, -0.05) is 53.5 Å². The molecule has 3 aliphatic rings. The van der Waals surface area contributed by atoms with E-state index in [-0.39, 0.29) is 45.0 Å². The van der Waals surface area contributed by atoms with Crippen molar-refractivity contribution in [2.24, 2.45) is 14.1 Å². The van der Waals surface area contributed by atoms with Crippen LogP contribution in [0.2, 0.25) is 10.0 Å². The van der Waals surface area contributed by atoms with Crippen molar-refractivity contribution in [1.29, 1.82) is 0 Å². The van der Waals surface area contributed by atoms with E-state index in [2.05, 4.69) is 26.6 Å². The Bertz CT molecular complexity index is 2570. The molecule has 17 heteroatoms. The molecule has 2 fully saturated rings. The highest BCUT2D eigenvalue weighted by molar-refractivity contribution is 6.39. The normalized spacial score (nSPS) is 19.3. The molecule has 2 aromatic carbocycles. The lowest BCUT2D eigenvalue weighted by molar-refractivity contribution is 0.146. The Balaban J connectivity index is 1.11. The molecule has 0 radical (unpaired) electrons. The molecule has 298 valence electrons. The number of carbonyl (C=O) groups is 1. The van der Waals surface area contributed by atoms with Gasteiger partial charge in [0.2, 0.25) is 5.88 Å². The predicted octanol–water partition coefficient (Wildman–Crippen LogP) is 6.46. The SMILES string of the molecule is COCCN1C[C@@]2(CCN([C@@H]3CCc4cc(-c5cccc(-c6cccc(Nc7nc(C(F)F)cc8c7c(=O)n(C)c(=O)n8C)c6Cl)c5Cl)nc(OC)c43)C2)NC1=O. The Hall–Kier alpha value is -5.09. The van der Waals surface area contributed by atoms with Crippen LogP contribution >= 0.6 is 23.2 Å². The number of carbonyl (C=O) groups excluding carboxylic acids is 1. The highest BCUT2D eigenvalue weighted by Crippen LogP contribution is 2.47. The van der Waals surface area contributed by atoms with Crippen molar-refractivity contribution in [1.82, 2.24) is 34.2 Å². The molecule has 0 bridgehead atoms. The number of ether oxygens (including phenoxy) is 2. The number of alkyl halides is 2. The summed E-state index contributed by atoms with van der Waals surface area (Å²) in [7, 11) is 5.94. The van der Waals surface area contributed by atoms with Gasteiger partial charge in [0.15, 0.2) is 0 Å². The number of rotatable bonds is 10. The third-order valence-corrected chi connectivity index (χ3v) is 12.2. The number of amides is 2. The summed E-state index contributed by atoms with van der Waals surface area (Å²) < 4.78 is 41.2. The highest BCUT2D eigenvalue weighted by Gasteiger charge is 2.49. The van der Waals surface area contributed by atoms with Crippen LogP contribution in [0.3, 0.4) is 0 Å². The minimum absolute atomic E-state index is 0.000706. The number of fused-ring (bicyclic) bond motifs is 2. The minimum atomic E-state index is -2.97. The average Bonchev–Trinajstić information content (AvgIpc) is 3.91. The number of benzene rings is 2. The molecule has 5 aromatic rings. The molecule has 2 amide bonds. The van der Waals surface area contributed by atoms with Crippen molar-refractivity contribution < 1.29 is 23.0 Å². The lowest BCUT2D eigenvalue weighted by Crippen LogP contribution is -2.46. The molecule has 57 heavy (non-hydrogen) atoms. The van der Waals surface area contributed by atoms with Crippen LogP contribution in [0.25, 0.3) is 33.3 Å². The molecule has 8 rings (SSSR count). The fraction of sp³-hybridized carbons (Fsp3) is 0.375. The maximum atomic E-state index is 14.0. The smallest absolute Gasteiger partial charge is 0.330 e. The van der Waals surface area contributed by atoms with Crippen LogP contribution in [0.15, 0.2) is 58.1 Å². The van der Waals surface area contributed by atoms with Gasteiger partial charge in [0.05, 0.1) is 46.2 Å². The van der Waals surface area contributed by atoms with Gasteiger partial charge in [0, 0.05) is 75.7 Å². The molecular formula is C40H40Cl2F2N8O5. The number of nitrogens with zero attached hydrogens (tertiary/aromatic N) is 6. The van der Waals surface area contributed by atoms with Crippen molar-refractivity contribution in [3.8, 4) is 28.3 Å². The average molecular weight is 822 g/mol. The molecule has 2 aliphatic heterocycles. The zero-order chi connectivity index (χ0) is 40.3. The Kier molecular flexibility index (Phi) is 10.2. The number of halogens is 4. The molecule has 5 heterocycles. The maximum absolute atomic E-state index is 14.0. The first-order valence-corrected chi connectivity index (χ1v) is 19.2. The number of pyridine rings is 2. The molecule has 1 aliphatic carbocycles. The van der Waals surface area contributed by atoms with Crippen LogP contribution in [0.1, 0.15) is 42.1 Å². The Morgan fingerprint density at radius 3 is 2.46 bits per heavy atom. The molecule has 13 nitrogen and oxygen atoms in total. The monoisotopic (exact) mass is 820 g/mol. The van der Waals surface area contributed by atoms with E-state index in [4.69, 9.17) is 37.7 Å². The number of nitrogens with one attached hydrogen (secondary N) is 2. The molecule has 2 saturated heterocycles. The molecule has 0 unspecified atom stereocenters. The molecular weight excluding hydrogens is 781 g/mol. The quantitative estimate of drug-likeness (QED) is 0.163. The second-order valence-electron chi connectivity index (χ2n) is 14.7. The van der Waals surface area contributed by atoms with Crippen molar-refractivity contribution in [3.05, 3.63) is 96.2 Å². The zero-order valence-electron chi connectivity index (χ0n) is 31.7. The van der Waals surface area contributed by atoms with Crippen molar-refractivity contribution in [3.63, 3.8) is 0 Å². The van der Waals surface area contributed by atoms with E-state index in [0.29, 0.717) is 53.0 Å². The fourth-order valence-corrected chi connectivity index (χ4v) is 9.12. The van der Waals surface area contributed by atoms with Gasteiger partial charge < -0.3 is 25.0 Å². The van der Waals surface area contributed by atoms with Gasteiger partial charge in [-0.05, 0) is 43.0 Å². The first-order chi connectivity index (χ1) is 27.3. The van der Waals surface area contributed by atoms with Crippen LogP contribution in [-0.4, -0.2) is 87.5 Å². The summed E-state index contributed by atoms with van der Waals surface area (Å²) in [4.78, 5) is 52.0. The van der Waals surface area contributed by atoms with E-state index in [0.717, 1.165) is 58.7 Å². The van der Waals surface area contributed by atoms with Crippen LogP contribution < -0.4 is 26.6 Å². The van der Waals surface area contributed by atoms with Crippen LogP contribution in [0, 0.1) is 0 Å². The lowest BCUT2D eigenvalue weighted by Gasteiger charge is -2.28. The number of anilines is 2. The summed E-state index contributed by atoms with van der Waals surface area (Å²) >= 11 is 14.2. The first kappa shape index (κ1) is 38.8. The Morgan fingerprint density at radius 2 is 1.72 bits per heavy atom. The van der Waals surface area contributed by atoms with E-state index in [1.54, 1.807) is 32.4 Å². The number of hydrogen-bond donors (Lipinski definition) is 2. The van der Waals surface area contributed by atoms with Gasteiger partial charge in [-0.2, -0.15) is 0 Å². The minimum Gasteiger partial charge on any atom is -0.481 e. The predicted molar refractivity (Wildman–Crippen MR) is 214 cm³/mol. The van der Waals surface area contributed by atoms with Crippen LogP contribution in [0.4, 0.5) is 25.1 Å². The summed E-state index contributed by atoms with van der Waals surface area (Å²) in [6.07, 6.45) is -0.436. The standard InChI is InChI=1S/C40H40Cl2F2N8O5/c1-49-29-18-27(34(43)44)46-35(31(29)37(53)50(2)39(49)55)45-25-10-6-8-23(33(25)42)22-7-5-9-24(32(22)41)26-17-21-11-12-28(30(21)36(47-26)57-4)51-14-13-40(19-51)20-52(15-16-56-3)38(54)48-40/h5-10,17-18,28,34H,11-16,19-20H2,1-4H3,(H,45,46)(H,48,54)/t28-,40+/m1/s1. The number of urea groups is 1. The second kappa shape index (κ2) is 15.0. The third kappa shape index (κ3) is 6.69. The van der Waals surface area contributed by atoms with Gasteiger partial charge in [-0.15, -0.1) is 0 Å². The van der Waals surface area contributed by atoms with E-state index < -0.39 is 23.4 Å². The highest BCUT2D eigenvalue weighted by atomic mass is 35.5. The van der Waals surface area contributed by atoms with E-state index in [1.165, 1.54) is 14.1 Å². The third-order valence-electron chi connectivity index (χ3n) is 11.4. The number of likely N-dealkylation sites (tertiary alicyclic amines) is 1. The fourth-order valence-electron chi connectivity index (χ4n) is 8.52. The van der Waals surface area contributed by atoms with Gasteiger partial charge in [0.25, 0.3) is 12.0 Å². The summed E-state index contributed by atoms with van der Waals surface area (Å²) in [6, 6.07) is 13.8. The largest absolute Gasteiger partial charge is 0.481 e. The summed E-state index contributed by atoms with van der Waals surface area (Å²) in [5, 5.41) is 6.76. The number of hydrogen-bond acceptors (Lipinski definition) is 9. The van der Waals surface area contributed by atoms with Gasteiger partial charge in [-0.3, -0.25) is 18.8 Å². The molecule has 0 saturated carbocycles. The molecule has 1 spiro atoms. The topological polar surface area (TPSA) is 136 Å². The Morgan fingerprint density at radius 1 is 0.982 bits per heavy atom. The zero-order valence-corrected chi connectivity index (χ0v) is 33.2. The van der Waals surface area contributed by atoms with E-state index in [1.807, 2.05) is 23.1 Å². The number of aromatic nitrogens is 4. The number of aryl methyl sites for hydroxylation is 2. The van der Waals surface area contributed by atoms with Gasteiger partial charge in [0.1, 0.15) is 16.9 Å². The number of methoxy groups -OCH3 is 2. The van der Waals surface area contributed by atoms with E-state index in [9.17, 15) is 23.2 Å². The van der Waals surface area contributed by atoms with Crippen molar-refractivity contribution in [2.75, 3.05) is 52.3 Å². The first-order valence-electron chi connectivity index (χ1n) is 18.5. The molecule has 3 aromatic heterocycles. The summed E-state index contributed by atoms with van der Waals surface area (Å²) in [6.45, 7) is 3.23. The van der Waals surface area contributed by atoms with Crippen LogP contribution in [-0.2, 0) is 25.3 Å². The van der Waals surface area contributed by atoms with E-state index >= 15 is 0 Å². The van der Waals surface area contributed by atoms with Crippen molar-refractivity contribution >= 4 is 51.6 Å². The second-order valence-corrected chi connectivity index (χ2v) is 15.5.